The zero-order valence-corrected chi connectivity index (χ0v) is 14.4. The van der Waals surface area contributed by atoms with E-state index in [-0.39, 0.29) is 24.6 Å². The third-order valence-corrected chi connectivity index (χ3v) is 4.79. The third-order valence-electron chi connectivity index (χ3n) is 3.62. The van der Waals surface area contributed by atoms with Gasteiger partial charge >= 0.3 is 0 Å². The average Bonchev–Trinajstić information content (AvgIpc) is 3.24. The van der Waals surface area contributed by atoms with Crippen LogP contribution in [0.1, 0.15) is 15.4 Å². The number of aromatic nitrogens is 3. The summed E-state index contributed by atoms with van der Waals surface area (Å²) in [6.45, 7) is 1.95. The van der Waals surface area contributed by atoms with Crippen LogP contribution < -0.4 is 10.9 Å². The molecule has 0 bridgehead atoms. The van der Waals surface area contributed by atoms with Crippen molar-refractivity contribution in [1.82, 2.24) is 19.4 Å². The SMILES string of the molecule is Cc1nc(-n2cccc2)sc1C(=O)NCC(O)Cn1ccccc1=O. The third kappa shape index (κ3) is 4.04. The Hall–Kier alpha value is -2.71. The van der Waals surface area contributed by atoms with E-state index in [1.54, 1.807) is 25.3 Å². The highest BCUT2D eigenvalue weighted by Crippen LogP contribution is 2.21. The molecule has 2 N–H and O–H groups in total. The van der Waals surface area contributed by atoms with Gasteiger partial charge in [-0.05, 0) is 25.1 Å². The van der Waals surface area contributed by atoms with Gasteiger partial charge in [0.05, 0.1) is 18.3 Å². The summed E-state index contributed by atoms with van der Waals surface area (Å²) in [5.74, 6) is -0.284. The summed E-state index contributed by atoms with van der Waals surface area (Å²) >= 11 is 1.29. The van der Waals surface area contributed by atoms with Crippen molar-refractivity contribution in [3.05, 3.63) is 69.8 Å². The number of aliphatic hydroxyl groups is 1. The van der Waals surface area contributed by atoms with Gasteiger partial charge in [-0.15, -0.1) is 0 Å². The number of aliphatic hydroxyl groups excluding tert-OH is 1. The fourth-order valence-electron chi connectivity index (χ4n) is 2.36. The lowest BCUT2D eigenvalue weighted by Crippen LogP contribution is -2.36. The number of hydrogen-bond donors (Lipinski definition) is 2. The smallest absolute Gasteiger partial charge is 0.263 e. The lowest BCUT2D eigenvalue weighted by molar-refractivity contribution is 0.0906. The number of thiazole rings is 1. The van der Waals surface area contributed by atoms with Gasteiger partial charge in [-0.2, -0.15) is 0 Å². The molecule has 0 aromatic carbocycles. The molecule has 1 unspecified atom stereocenters. The first kappa shape index (κ1) is 17.1. The topological polar surface area (TPSA) is 89.2 Å². The van der Waals surface area contributed by atoms with E-state index in [9.17, 15) is 14.7 Å². The fourth-order valence-corrected chi connectivity index (χ4v) is 3.31. The zero-order chi connectivity index (χ0) is 17.8. The highest BCUT2D eigenvalue weighted by atomic mass is 32.1. The minimum atomic E-state index is -0.860. The van der Waals surface area contributed by atoms with E-state index in [0.29, 0.717) is 15.7 Å². The van der Waals surface area contributed by atoms with Gasteiger partial charge in [0.2, 0.25) is 0 Å². The van der Waals surface area contributed by atoms with E-state index in [2.05, 4.69) is 10.3 Å². The first-order valence-electron chi connectivity index (χ1n) is 7.77. The number of hydrogen-bond acceptors (Lipinski definition) is 5. The van der Waals surface area contributed by atoms with Crippen molar-refractivity contribution >= 4 is 17.2 Å². The molecule has 3 rings (SSSR count). The van der Waals surface area contributed by atoms with Gasteiger partial charge in [-0.3, -0.25) is 9.59 Å². The maximum Gasteiger partial charge on any atom is 0.263 e. The Morgan fingerprint density at radius 2 is 2.00 bits per heavy atom. The van der Waals surface area contributed by atoms with Gasteiger partial charge in [0.1, 0.15) is 4.88 Å². The van der Waals surface area contributed by atoms with E-state index >= 15 is 0 Å². The molecule has 0 aliphatic carbocycles. The minimum absolute atomic E-state index is 0.0519. The average molecular weight is 358 g/mol. The molecule has 130 valence electrons. The number of amides is 1. The lowest BCUT2D eigenvalue weighted by Gasteiger charge is -2.13. The number of carbonyl (C=O) groups is 1. The monoisotopic (exact) mass is 358 g/mol. The van der Waals surface area contributed by atoms with Crippen LogP contribution in [0.5, 0.6) is 0 Å². The van der Waals surface area contributed by atoms with Crippen molar-refractivity contribution in [2.45, 2.75) is 19.6 Å². The highest BCUT2D eigenvalue weighted by Gasteiger charge is 2.17. The van der Waals surface area contributed by atoms with Gasteiger partial charge in [-0.1, -0.05) is 17.4 Å². The molecule has 1 amide bonds. The van der Waals surface area contributed by atoms with Crippen molar-refractivity contribution in [3.8, 4) is 5.13 Å². The Labute approximate surface area is 148 Å². The maximum atomic E-state index is 12.3. The second kappa shape index (κ2) is 7.45. The predicted octanol–water partition coefficient (Wildman–Crippen LogP) is 1.19. The van der Waals surface area contributed by atoms with Crippen LogP contribution in [0.4, 0.5) is 0 Å². The van der Waals surface area contributed by atoms with Crippen molar-refractivity contribution in [3.63, 3.8) is 0 Å². The van der Waals surface area contributed by atoms with E-state index in [1.807, 2.05) is 29.1 Å². The van der Waals surface area contributed by atoms with Crippen molar-refractivity contribution in [2.75, 3.05) is 6.54 Å². The first-order valence-corrected chi connectivity index (χ1v) is 8.59. The summed E-state index contributed by atoms with van der Waals surface area (Å²) in [5, 5.41) is 13.5. The molecule has 3 aromatic rings. The van der Waals surface area contributed by atoms with E-state index in [0.717, 1.165) is 0 Å². The Balaban J connectivity index is 1.61. The number of aryl methyl sites for hydroxylation is 1. The molecule has 3 aromatic heterocycles. The minimum Gasteiger partial charge on any atom is -0.389 e. The molecule has 7 nitrogen and oxygen atoms in total. The molecule has 0 radical (unpaired) electrons. The van der Waals surface area contributed by atoms with Crippen molar-refractivity contribution in [2.24, 2.45) is 0 Å². The number of pyridine rings is 1. The van der Waals surface area contributed by atoms with Crippen LogP contribution >= 0.6 is 11.3 Å². The summed E-state index contributed by atoms with van der Waals surface area (Å²) in [4.78, 5) is 28.9. The number of nitrogens with zero attached hydrogens (tertiary/aromatic N) is 3. The largest absolute Gasteiger partial charge is 0.389 e. The standard InChI is InChI=1S/C17H18N4O3S/c1-12-15(25-17(19-12)20-7-4-5-8-20)16(24)18-10-13(22)11-21-9-3-2-6-14(21)23/h2-9,13,22H,10-11H2,1H3,(H,18,24). The van der Waals surface area contributed by atoms with Crippen LogP contribution in [0.3, 0.4) is 0 Å². The highest BCUT2D eigenvalue weighted by molar-refractivity contribution is 7.16. The van der Waals surface area contributed by atoms with Gasteiger partial charge in [0.25, 0.3) is 11.5 Å². The Morgan fingerprint density at radius 3 is 2.72 bits per heavy atom. The van der Waals surface area contributed by atoms with Gasteiger partial charge in [-0.25, -0.2) is 4.98 Å². The molecular formula is C17H18N4O3S. The van der Waals surface area contributed by atoms with E-state index < -0.39 is 6.10 Å². The summed E-state index contributed by atoms with van der Waals surface area (Å²) < 4.78 is 3.24. The van der Waals surface area contributed by atoms with Crippen LogP contribution in [-0.4, -0.2) is 37.8 Å². The normalized spacial score (nSPS) is 12.1. The first-order chi connectivity index (χ1) is 12.0. The fraction of sp³-hybridized carbons (Fsp3) is 0.235. The van der Waals surface area contributed by atoms with Crippen LogP contribution in [0, 0.1) is 6.92 Å². The second-order valence-electron chi connectivity index (χ2n) is 5.56. The molecular weight excluding hydrogens is 340 g/mol. The molecule has 0 aliphatic heterocycles. The number of carbonyl (C=O) groups excluding carboxylic acids is 1. The molecule has 3 heterocycles. The van der Waals surface area contributed by atoms with Crippen LogP contribution in [0.2, 0.25) is 0 Å². The van der Waals surface area contributed by atoms with Crippen LogP contribution in [0.25, 0.3) is 5.13 Å². The Morgan fingerprint density at radius 1 is 1.28 bits per heavy atom. The maximum absolute atomic E-state index is 12.3. The molecule has 0 saturated heterocycles. The molecule has 1 atom stereocenters. The van der Waals surface area contributed by atoms with Gasteiger partial charge in [0, 0.05) is 31.2 Å². The number of rotatable bonds is 6. The summed E-state index contributed by atoms with van der Waals surface area (Å²) in [5.41, 5.74) is 0.447. The predicted molar refractivity (Wildman–Crippen MR) is 95.2 cm³/mol. The van der Waals surface area contributed by atoms with Crippen LogP contribution in [-0.2, 0) is 6.54 Å². The molecule has 0 fully saturated rings. The van der Waals surface area contributed by atoms with E-state index in [1.165, 1.54) is 22.0 Å². The summed E-state index contributed by atoms with van der Waals surface area (Å²) in [6, 6.07) is 8.56. The zero-order valence-electron chi connectivity index (χ0n) is 13.6. The summed E-state index contributed by atoms with van der Waals surface area (Å²) in [7, 11) is 0. The molecule has 0 saturated carbocycles. The Kier molecular flexibility index (Phi) is 5.11. The molecule has 0 aliphatic rings. The van der Waals surface area contributed by atoms with Crippen molar-refractivity contribution in [1.29, 1.82) is 0 Å². The molecule has 25 heavy (non-hydrogen) atoms. The van der Waals surface area contributed by atoms with Gasteiger partial charge < -0.3 is 19.6 Å². The van der Waals surface area contributed by atoms with Crippen LogP contribution in [0.15, 0.2) is 53.7 Å². The molecule has 0 spiro atoms. The van der Waals surface area contributed by atoms with E-state index in [4.69, 9.17) is 0 Å². The quantitative estimate of drug-likeness (QED) is 0.693. The Bertz CT molecular complexity index is 914. The lowest BCUT2D eigenvalue weighted by atomic mass is 10.3. The molecule has 8 heteroatoms. The second-order valence-corrected chi connectivity index (χ2v) is 6.53. The van der Waals surface area contributed by atoms with Crippen molar-refractivity contribution < 1.29 is 9.90 Å². The van der Waals surface area contributed by atoms with Gasteiger partial charge in [0.15, 0.2) is 5.13 Å². The number of nitrogens with one attached hydrogen (secondary N) is 1. The summed E-state index contributed by atoms with van der Waals surface area (Å²) in [6.07, 6.45) is 4.47.